The van der Waals surface area contributed by atoms with Crippen molar-refractivity contribution in [2.24, 2.45) is 0 Å². The van der Waals surface area contributed by atoms with Gasteiger partial charge in [0.1, 0.15) is 0 Å². The van der Waals surface area contributed by atoms with E-state index in [1.807, 2.05) is 43.3 Å². The minimum absolute atomic E-state index is 0.0540. The number of hydrogen-bond acceptors (Lipinski definition) is 3. The van der Waals surface area contributed by atoms with Crippen molar-refractivity contribution in [1.29, 1.82) is 0 Å². The Hall–Kier alpha value is -2.66. The van der Waals surface area contributed by atoms with Crippen LogP contribution < -0.4 is 0 Å². The molecule has 0 spiro atoms. The van der Waals surface area contributed by atoms with Crippen LogP contribution in [-0.2, 0) is 6.42 Å². The van der Waals surface area contributed by atoms with Crippen LogP contribution in [0.1, 0.15) is 21.7 Å². The van der Waals surface area contributed by atoms with Gasteiger partial charge >= 0.3 is 0 Å². The lowest BCUT2D eigenvalue weighted by atomic mass is 10.2. The van der Waals surface area contributed by atoms with Crippen molar-refractivity contribution in [2.75, 3.05) is 13.6 Å². The van der Waals surface area contributed by atoms with Gasteiger partial charge in [-0.3, -0.25) is 9.78 Å². The van der Waals surface area contributed by atoms with Gasteiger partial charge in [0.15, 0.2) is 0 Å². The third-order valence-corrected chi connectivity index (χ3v) is 4.30. The molecule has 0 N–H and O–H groups in total. The van der Waals surface area contributed by atoms with E-state index in [9.17, 15) is 4.79 Å². The van der Waals surface area contributed by atoms with Gasteiger partial charge in [0, 0.05) is 36.9 Å². The second kappa shape index (κ2) is 7.49. The van der Waals surface area contributed by atoms with E-state index >= 15 is 0 Å². The van der Waals surface area contributed by atoms with Crippen LogP contribution in [0.4, 0.5) is 0 Å². The van der Waals surface area contributed by atoms with Crippen molar-refractivity contribution < 1.29 is 4.79 Å². The fourth-order valence-corrected chi connectivity index (χ4v) is 2.81. The number of aromatic nitrogens is 3. The van der Waals surface area contributed by atoms with Gasteiger partial charge in [0.05, 0.1) is 23.1 Å². The standard InChI is InChI=1S/C19H19ClN4O/c1-14-18(13-22-24(14)17-8-5-6-15(20)12-17)19(25)23(2)11-9-16-7-3-4-10-21-16/h3-8,10,12-13H,9,11H2,1-2H3. The molecule has 0 fully saturated rings. The number of nitrogens with zero attached hydrogens (tertiary/aromatic N) is 4. The third kappa shape index (κ3) is 3.88. The van der Waals surface area contributed by atoms with E-state index in [-0.39, 0.29) is 5.91 Å². The average molecular weight is 355 g/mol. The molecule has 1 aromatic carbocycles. The highest BCUT2D eigenvalue weighted by Crippen LogP contribution is 2.18. The Bertz CT molecular complexity index is 876. The molecule has 6 heteroatoms. The lowest BCUT2D eigenvalue weighted by Crippen LogP contribution is -2.29. The van der Waals surface area contributed by atoms with Gasteiger partial charge in [-0.25, -0.2) is 4.68 Å². The fraction of sp³-hybridized carbons (Fsp3) is 0.211. The summed E-state index contributed by atoms with van der Waals surface area (Å²) in [6.45, 7) is 2.48. The van der Waals surface area contributed by atoms with Gasteiger partial charge in [0.2, 0.25) is 0 Å². The zero-order valence-corrected chi connectivity index (χ0v) is 14.9. The highest BCUT2D eigenvalue weighted by atomic mass is 35.5. The van der Waals surface area contributed by atoms with Gasteiger partial charge in [-0.2, -0.15) is 5.10 Å². The van der Waals surface area contributed by atoms with E-state index in [4.69, 9.17) is 11.6 Å². The molecule has 2 heterocycles. The molecular weight excluding hydrogens is 336 g/mol. The molecule has 2 aromatic heterocycles. The predicted octanol–water partition coefficient (Wildman–Crippen LogP) is 3.54. The number of rotatable bonds is 5. The summed E-state index contributed by atoms with van der Waals surface area (Å²) in [4.78, 5) is 18.7. The van der Waals surface area contributed by atoms with E-state index < -0.39 is 0 Å². The molecule has 1 amide bonds. The first-order valence-electron chi connectivity index (χ1n) is 8.02. The summed E-state index contributed by atoms with van der Waals surface area (Å²) < 4.78 is 1.73. The summed E-state index contributed by atoms with van der Waals surface area (Å²) in [6.07, 6.45) is 4.08. The zero-order valence-electron chi connectivity index (χ0n) is 14.2. The number of benzene rings is 1. The molecule has 128 valence electrons. The van der Waals surface area contributed by atoms with Crippen molar-refractivity contribution in [3.8, 4) is 5.69 Å². The Morgan fingerprint density at radius 2 is 2.08 bits per heavy atom. The van der Waals surface area contributed by atoms with Crippen LogP contribution in [0.25, 0.3) is 5.69 Å². The topological polar surface area (TPSA) is 51.0 Å². The summed E-state index contributed by atoms with van der Waals surface area (Å²) in [6, 6.07) is 13.2. The Morgan fingerprint density at radius 3 is 2.80 bits per heavy atom. The second-order valence-corrected chi connectivity index (χ2v) is 6.27. The molecule has 3 aromatic rings. The van der Waals surface area contributed by atoms with E-state index in [0.29, 0.717) is 23.6 Å². The lowest BCUT2D eigenvalue weighted by Gasteiger charge is -2.16. The fourth-order valence-electron chi connectivity index (χ4n) is 2.62. The van der Waals surface area contributed by atoms with Crippen molar-refractivity contribution in [1.82, 2.24) is 19.7 Å². The highest BCUT2D eigenvalue weighted by Gasteiger charge is 2.18. The van der Waals surface area contributed by atoms with Crippen LogP contribution in [0.15, 0.2) is 54.9 Å². The number of hydrogen-bond donors (Lipinski definition) is 0. The number of carbonyl (C=O) groups excluding carboxylic acids is 1. The Balaban J connectivity index is 1.74. The molecule has 0 unspecified atom stereocenters. The monoisotopic (exact) mass is 354 g/mol. The van der Waals surface area contributed by atoms with Crippen LogP contribution in [0.3, 0.4) is 0 Å². The number of amides is 1. The summed E-state index contributed by atoms with van der Waals surface area (Å²) in [5.74, 6) is -0.0540. The molecule has 5 nitrogen and oxygen atoms in total. The van der Waals surface area contributed by atoms with E-state index in [1.54, 1.807) is 35.1 Å². The maximum Gasteiger partial charge on any atom is 0.257 e. The molecule has 0 aliphatic heterocycles. The van der Waals surface area contributed by atoms with Gasteiger partial charge < -0.3 is 4.90 Å². The molecule has 0 bridgehead atoms. The normalized spacial score (nSPS) is 10.7. The van der Waals surface area contributed by atoms with E-state index in [2.05, 4.69) is 10.1 Å². The number of pyridine rings is 1. The Labute approximate surface area is 151 Å². The average Bonchev–Trinajstić information content (AvgIpc) is 3.01. The first-order valence-corrected chi connectivity index (χ1v) is 8.40. The second-order valence-electron chi connectivity index (χ2n) is 5.83. The van der Waals surface area contributed by atoms with Crippen LogP contribution in [0.5, 0.6) is 0 Å². The van der Waals surface area contributed by atoms with Gasteiger partial charge in [-0.1, -0.05) is 23.7 Å². The van der Waals surface area contributed by atoms with E-state index in [1.165, 1.54) is 0 Å². The van der Waals surface area contributed by atoms with Gasteiger partial charge in [-0.15, -0.1) is 0 Å². The third-order valence-electron chi connectivity index (χ3n) is 4.07. The first kappa shape index (κ1) is 17.2. The maximum atomic E-state index is 12.7. The first-order chi connectivity index (χ1) is 12.1. The van der Waals surface area contributed by atoms with Gasteiger partial charge in [-0.05, 0) is 37.3 Å². The van der Waals surface area contributed by atoms with Crippen molar-refractivity contribution >= 4 is 17.5 Å². The van der Waals surface area contributed by atoms with E-state index in [0.717, 1.165) is 17.1 Å². The molecule has 25 heavy (non-hydrogen) atoms. The SMILES string of the molecule is Cc1c(C(=O)N(C)CCc2ccccn2)cnn1-c1cccc(Cl)c1. The summed E-state index contributed by atoms with van der Waals surface area (Å²) >= 11 is 6.04. The molecule has 0 aliphatic rings. The minimum Gasteiger partial charge on any atom is -0.341 e. The predicted molar refractivity (Wildman–Crippen MR) is 98.2 cm³/mol. The summed E-state index contributed by atoms with van der Waals surface area (Å²) in [7, 11) is 1.79. The molecule has 0 atom stereocenters. The maximum absolute atomic E-state index is 12.7. The molecular formula is C19H19ClN4O. The number of halogens is 1. The number of likely N-dealkylation sites (N-methyl/N-ethyl adjacent to an activating group) is 1. The van der Waals surface area contributed by atoms with Crippen LogP contribution in [-0.4, -0.2) is 39.2 Å². The van der Waals surface area contributed by atoms with Gasteiger partial charge in [0.25, 0.3) is 5.91 Å². The van der Waals surface area contributed by atoms with Crippen molar-refractivity contribution in [3.63, 3.8) is 0 Å². The van der Waals surface area contributed by atoms with Crippen molar-refractivity contribution in [2.45, 2.75) is 13.3 Å². The largest absolute Gasteiger partial charge is 0.341 e. The van der Waals surface area contributed by atoms with Crippen LogP contribution in [0.2, 0.25) is 5.02 Å². The molecule has 0 saturated carbocycles. The molecule has 0 radical (unpaired) electrons. The quantitative estimate of drug-likeness (QED) is 0.704. The van der Waals surface area contributed by atoms with Crippen LogP contribution in [0, 0.1) is 6.92 Å². The summed E-state index contributed by atoms with van der Waals surface area (Å²) in [5, 5.41) is 4.98. The Morgan fingerprint density at radius 1 is 1.24 bits per heavy atom. The zero-order chi connectivity index (χ0) is 17.8. The molecule has 0 aliphatic carbocycles. The number of carbonyl (C=O) groups is 1. The smallest absolute Gasteiger partial charge is 0.257 e. The minimum atomic E-state index is -0.0540. The lowest BCUT2D eigenvalue weighted by molar-refractivity contribution is 0.0795. The summed E-state index contributed by atoms with van der Waals surface area (Å²) in [5.41, 5.74) is 3.18. The molecule has 3 rings (SSSR count). The van der Waals surface area contributed by atoms with Crippen molar-refractivity contribution in [3.05, 3.63) is 76.8 Å². The molecule has 0 saturated heterocycles. The highest BCUT2D eigenvalue weighted by molar-refractivity contribution is 6.30. The Kier molecular flexibility index (Phi) is 5.14. The van der Waals surface area contributed by atoms with Crippen LogP contribution >= 0.6 is 11.6 Å².